The largest absolute Gasteiger partial charge is 0.388 e. The zero-order chi connectivity index (χ0) is 15.6. The Balaban J connectivity index is 2.29. The topological polar surface area (TPSA) is 66.6 Å². The van der Waals surface area contributed by atoms with Crippen LogP contribution in [0.3, 0.4) is 0 Å². The average molecular weight is 310 g/mol. The Bertz CT molecular complexity index is 657. The quantitative estimate of drug-likeness (QED) is 0.678. The predicted octanol–water partition coefficient (Wildman–Crippen LogP) is 3.49. The van der Waals surface area contributed by atoms with Gasteiger partial charge in [0.2, 0.25) is 0 Å². The molecule has 1 aromatic carbocycles. The fraction of sp³-hybridized carbons (Fsp3) is 0.286. The van der Waals surface area contributed by atoms with Crippen LogP contribution in [0.25, 0.3) is 0 Å². The van der Waals surface area contributed by atoms with E-state index in [-0.39, 0.29) is 11.5 Å². The Kier molecular flexibility index (Phi) is 4.54. The molecule has 2 rings (SSSR count). The molecule has 5 nitrogen and oxygen atoms in total. The maximum Gasteiger partial charge on any atom is 0.304 e. The third-order valence-electron chi connectivity index (χ3n) is 2.98. The summed E-state index contributed by atoms with van der Waals surface area (Å²) in [4.78, 5) is 12.9. The van der Waals surface area contributed by atoms with Crippen molar-refractivity contribution in [2.75, 3.05) is 11.9 Å². The molecular weight excluding hydrogens is 295 g/mol. The summed E-state index contributed by atoms with van der Waals surface area (Å²) in [6.07, 6.45) is -0.759. The lowest BCUT2D eigenvalue weighted by molar-refractivity contribution is -0.383. The van der Waals surface area contributed by atoms with Gasteiger partial charge in [0.1, 0.15) is 5.82 Å². The number of hydrogen-bond donors (Lipinski definition) is 1. The summed E-state index contributed by atoms with van der Waals surface area (Å²) in [6, 6.07) is 7.48. The van der Waals surface area contributed by atoms with Gasteiger partial charge in [-0.05, 0) is 24.6 Å². The highest BCUT2D eigenvalue weighted by Crippen LogP contribution is 2.40. The van der Waals surface area contributed by atoms with Crippen LogP contribution in [-0.4, -0.2) is 17.1 Å². The van der Waals surface area contributed by atoms with Gasteiger partial charge in [-0.3, -0.25) is 10.1 Å². The Hall–Kier alpha value is -1.99. The van der Waals surface area contributed by atoms with E-state index in [0.717, 1.165) is 5.56 Å². The van der Waals surface area contributed by atoms with Crippen LogP contribution in [0, 0.1) is 15.9 Å². The number of benzene rings is 1. The molecule has 0 aliphatic carbocycles. The first kappa shape index (κ1) is 15.4. The maximum absolute atomic E-state index is 13.2. The van der Waals surface area contributed by atoms with E-state index in [0.29, 0.717) is 16.4 Å². The minimum Gasteiger partial charge on any atom is -0.388 e. The Labute approximate surface area is 125 Å². The molecule has 112 valence electrons. The fourth-order valence-electron chi connectivity index (χ4n) is 1.98. The first-order valence-electron chi connectivity index (χ1n) is 6.30. The van der Waals surface area contributed by atoms with Gasteiger partial charge in [0.15, 0.2) is 5.00 Å². The Morgan fingerprint density at radius 2 is 2.19 bits per heavy atom. The van der Waals surface area contributed by atoms with Gasteiger partial charge in [0, 0.05) is 24.5 Å². The van der Waals surface area contributed by atoms with Crippen LogP contribution in [0.2, 0.25) is 0 Å². The summed E-state index contributed by atoms with van der Waals surface area (Å²) < 4.78 is 13.2. The number of nitrogens with zero attached hydrogens (tertiary/aromatic N) is 2. The SMILES string of the molecule is C[C@H](O)c1cc([N+](=O)[O-])c(N(C)Cc2cccc(F)c2)s1. The second kappa shape index (κ2) is 6.19. The lowest BCUT2D eigenvalue weighted by Crippen LogP contribution is -2.16. The number of rotatable bonds is 5. The predicted molar refractivity (Wildman–Crippen MR) is 80.1 cm³/mol. The third-order valence-corrected chi connectivity index (χ3v) is 4.39. The minimum absolute atomic E-state index is 0.0465. The average Bonchev–Trinajstić information content (AvgIpc) is 2.84. The molecule has 1 heterocycles. The van der Waals surface area contributed by atoms with E-state index in [4.69, 9.17) is 0 Å². The molecule has 1 N–H and O–H groups in total. The van der Waals surface area contributed by atoms with Gasteiger partial charge >= 0.3 is 5.69 Å². The molecule has 0 saturated carbocycles. The van der Waals surface area contributed by atoms with Gasteiger partial charge in [-0.2, -0.15) is 0 Å². The molecule has 0 spiro atoms. The first-order valence-corrected chi connectivity index (χ1v) is 7.12. The molecular formula is C14H15FN2O3S. The van der Waals surface area contributed by atoms with Crippen LogP contribution in [0.15, 0.2) is 30.3 Å². The van der Waals surface area contributed by atoms with E-state index in [1.165, 1.54) is 29.5 Å². The molecule has 21 heavy (non-hydrogen) atoms. The van der Waals surface area contributed by atoms with Crippen LogP contribution >= 0.6 is 11.3 Å². The van der Waals surface area contributed by atoms with E-state index in [9.17, 15) is 19.6 Å². The standard InChI is InChI=1S/C14H15FN2O3S/c1-9(18)13-7-12(17(19)20)14(21-13)16(2)8-10-4-3-5-11(15)6-10/h3-7,9,18H,8H2,1-2H3/t9-/m0/s1. The molecule has 0 amide bonds. The number of hydrogen-bond acceptors (Lipinski definition) is 5. The van der Waals surface area contributed by atoms with Crippen molar-refractivity contribution in [1.82, 2.24) is 0 Å². The van der Waals surface area contributed by atoms with Crippen molar-refractivity contribution in [2.24, 2.45) is 0 Å². The maximum atomic E-state index is 13.2. The molecule has 2 aromatic rings. The van der Waals surface area contributed by atoms with Crippen molar-refractivity contribution in [2.45, 2.75) is 19.6 Å². The van der Waals surface area contributed by atoms with E-state index < -0.39 is 11.0 Å². The van der Waals surface area contributed by atoms with Gasteiger partial charge in [-0.25, -0.2) is 4.39 Å². The van der Waals surface area contributed by atoms with Gasteiger partial charge in [-0.1, -0.05) is 12.1 Å². The van der Waals surface area contributed by atoms with Crippen LogP contribution in [0.1, 0.15) is 23.5 Å². The number of anilines is 1. The van der Waals surface area contributed by atoms with E-state index in [2.05, 4.69) is 0 Å². The molecule has 0 aliphatic rings. The molecule has 0 fully saturated rings. The highest BCUT2D eigenvalue weighted by molar-refractivity contribution is 7.16. The van der Waals surface area contributed by atoms with Gasteiger partial charge in [-0.15, -0.1) is 11.3 Å². The molecule has 0 bridgehead atoms. The Morgan fingerprint density at radius 3 is 2.76 bits per heavy atom. The van der Waals surface area contributed by atoms with Crippen LogP contribution in [-0.2, 0) is 6.54 Å². The van der Waals surface area contributed by atoms with Crippen LogP contribution < -0.4 is 4.90 Å². The number of thiophene rings is 1. The van der Waals surface area contributed by atoms with Crippen molar-refractivity contribution in [3.8, 4) is 0 Å². The summed E-state index contributed by atoms with van der Waals surface area (Å²) in [5.74, 6) is -0.341. The number of nitro groups is 1. The summed E-state index contributed by atoms with van der Waals surface area (Å²) in [7, 11) is 1.70. The molecule has 1 aromatic heterocycles. The molecule has 0 saturated heterocycles. The summed E-state index contributed by atoms with van der Waals surface area (Å²) in [6.45, 7) is 1.91. The summed E-state index contributed by atoms with van der Waals surface area (Å²) in [5.41, 5.74) is 0.675. The molecule has 1 atom stereocenters. The number of aliphatic hydroxyl groups excluding tert-OH is 1. The molecule has 0 aliphatic heterocycles. The molecule has 0 radical (unpaired) electrons. The first-order chi connectivity index (χ1) is 9.88. The minimum atomic E-state index is -0.759. The Morgan fingerprint density at radius 1 is 1.48 bits per heavy atom. The zero-order valence-electron chi connectivity index (χ0n) is 11.6. The van der Waals surface area contributed by atoms with Crippen molar-refractivity contribution in [3.05, 3.63) is 56.7 Å². The highest BCUT2D eigenvalue weighted by atomic mass is 32.1. The smallest absolute Gasteiger partial charge is 0.304 e. The molecule has 0 unspecified atom stereocenters. The van der Waals surface area contributed by atoms with Gasteiger partial charge < -0.3 is 10.0 Å². The summed E-state index contributed by atoms with van der Waals surface area (Å²) >= 11 is 1.17. The molecule has 7 heteroatoms. The lowest BCUT2D eigenvalue weighted by Gasteiger charge is -2.16. The van der Waals surface area contributed by atoms with Crippen LogP contribution in [0.5, 0.6) is 0 Å². The second-order valence-electron chi connectivity index (χ2n) is 4.76. The lowest BCUT2D eigenvalue weighted by atomic mass is 10.2. The number of halogens is 1. The van der Waals surface area contributed by atoms with E-state index in [1.54, 1.807) is 31.0 Å². The normalized spacial score (nSPS) is 12.2. The highest BCUT2D eigenvalue weighted by Gasteiger charge is 2.23. The zero-order valence-corrected chi connectivity index (χ0v) is 12.4. The van der Waals surface area contributed by atoms with E-state index >= 15 is 0 Å². The third kappa shape index (κ3) is 3.56. The number of aliphatic hydroxyl groups is 1. The van der Waals surface area contributed by atoms with Gasteiger partial charge in [0.25, 0.3) is 0 Å². The van der Waals surface area contributed by atoms with Gasteiger partial charge in [0.05, 0.1) is 11.0 Å². The van der Waals surface area contributed by atoms with E-state index in [1.807, 2.05) is 0 Å². The fourth-order valence-corrected chi connectivity index (χ4v) is 3.00. The monoisotopic (exact) mass is 310 g/mol. The van der Waals surface area contributed by atoms with Crippen molar-refractivity contribution < 1.29 is 14.4 Å². The van der Waals surface area contributed by atoms with Crippen molar-refractivity contribution >= 4 is 22.0 Å². The van der Waals surface area contributed by atoms with Crippen molar-refractivity contribution in [1.29, 1.82) is 0 Å². The van der Waals surface area contributed by atoms with Crippen molar-refractivity contribution in [3.63, 3.8) is 0 Å². The second-order valence-corrected chi connectivity index (χ2v) is 5.82. The summed E-state index contributed by atoms with van der Waals surface area (Å²) in [5, 5.41) is 21.1. The van der Waals surface area contributed by atoms with Crippen LogP contribution in [0.4, 0.5) is 15.1 Å².